The first-order valence-corrected chi connectivity index (χ1v) is 14.3. The lowest BCUT2D eigenvalue weighted by atomic mass is 10.0. The third kappa shape index (κ3) is 23.2. The van der Waals surface area contributed by atoms with Gasteiger partial charge >= 0.3 is 7.82 Å². The van der Waals surface area contributed by atoms with E-state index >= 15 is 0 Å². The SMILES string of the molecule is CCCCCCCCCCCCCCCCOC[C@@H](CO)OP(=O)(O)OCC[N+](C)(C)C. The Labute approximate surface area is 198 Å². The van der Waals surface area contributed by atoms with Crippen molar-refractivity contribution in [1.82, 2.24) is 0 Å². The molecule has 0 aromatic carbocycles. The highest BCUT2D eigenvalue weighted by molar-refractivity contribution is 7.47. The van der Waals surface area contributed by atoms with Crippen LogP contribution in [0.2, 0.25) is 0 Å². The predicted octanol–water partition coefficient (Wildman–Crippen LogP) is 5.69. The van der Waals surface area contributed by atoms with E-state index in [1.807, 2.05) is 21.1 Å². The van der Waals surface area contributed by atoms with Gasteiger partial charge in [0.2, 0.25) is 0 Å². The Kier molecular flexibility index (Phi) is 20.4. The minimum atomic E-state index is -4.19. The number of ether oxygens (including phenoxy) is 1. The molecule has 0 fully saturated rings. The molecule has 2 atom stereocenters. The summed E-state index contributed by atoms with van der Waals surface area (Å²) in [6.07, 6.45) is 17.4. The molecule has 1 unspecified atom stereocenters. The number of aliphatic hydroxyl groups is 1. The highest BCUT2D eigenvalue weighted by Crippen LogP contribution is 2.44. The molecule has 8 heteroatoms. The first-order valence-electron chi connectivity index (χ1n) is 12.8. The Balaban J connectivity index is 3.55. The number of nitrogens with zero attached hydrogens (tertiary/aromatic N) is 1. The second kappa shape index (κ2) is 20.4. The molecule has 0 aromatic heterocycles. The van der Waals surface area contributed by atoms with Crippen LogP contribution in [0.15, 0.2) is 0 Å². The number of likely N-dealkylation sites (N-methyl/N-ethyl adjacent to an activating group) is 1. The summed E-state index contributed by atoms with van der Waals surface area (Å²) in [6.45, 7) is 3.21. The van der Waals surface area contributed by atoms with Gasteiger partial charge in [0.25, 0.3) is 0 Å². The molecule has 194 valence electrons. The van der Waals surface area contributed by atoms with Crippen molar-refractivity contribution in [2.45, 2.75) is 103 Å². The molecule has 0 aliphatic carbocycles. The van der Waals surface area contributed by atoms with Gasteiger partial charge in [-0.05, 0) is 6.42 Å². The quantitative estimate of drug-likeness (QED) is 0.105. The lowest BCUT2D eigenvalue weighted by Gasteiger charge is -2.24. The van der Waals surface area contributed by atoms with Crippen LogP contribution in [0.4, 0.5) is 0 Å². The van der Waals surface area contributed by atoms with Gasteiger partial charge in [-0.15, -0.1) is 0 Å². The maximum absolute atomic E-state index is 12.0. The van der Waals surface area contributed by atoms with Gasteiger partial charge in [-0.3, -0.25) is 9.05 Å². The molecule has 0 spiro atoms. The largest absolute Gasteiger partial charge is 0.472 e. The van der Waals surface area contributed by atoms with Crippen LogP contribution in [-0.4, -0.2) is 74.7 Å². The number of hydrogen-bond acceptors (Lipinski definition) is 5. The average Bonchev–Trinajstić information content (AvgIpc) is 2.71. The van der Waals surface area contributed by atoms with E-state index < -0.39 is 13.9 Å². The Morgan fingerprint density at radius 1 is 0.781 bits per heavy atom. The number of unbranched alkanes of at least 4 members (excludes halogenated alkanes) is 13. The maximum atomic E-state index is 12.0. The van der Waals surface area contributed by atoms with Gasteiger partial charge in [-0.25, -0.2) is 4.57 Å². The predicted molar refractivity (Wildman–Crippen MR) is 132 cm³/mol. The second-order valence-electron chi connectivity index (χ2n) is 9.90. The van der Waals surface area contributed by atoms with Crippen molar-refractivity contribution in [3.8, 4) is 0 Å². The summed E-state index contributed by atoms with van der Waals surface area (Å²) in [5, 5.41) is 9.37. The Hall–Kier alpha value is -0.0100. The number of quaternary nitrogens is 1. The molecule has 0 aromatic rings. The van der Waals surface area contributed by atoms with Gasteiger partial charge < -0.3 is 19.2 Å². The normalized spacial score (nSPS) is 15.1. The van der Waals surface area contributed by atoms with Gasteiger partial charge in [0.05, 0.1) is 34.4 Å². The molecular formula is C24H53NO6P+. The number of aliphatic hydroxyl groups excluding tert-OH is 1. The maximum Gasteiger partial charge on any atom is 0.472 e. The van der Waals surface area contributed by atoms with Crippen LogP contribution in [-0.2, 0) is 18.3 Å². The van der Waals surface area contributed by atoms with E-state index in [1.165, 1.54) is 77.0 Å². The van der Waals surface area contributed by atoms with Gasteiger partial charge in [-0.2, -0.15) is 0 Å². The molecule has 0 radical (unpaired) electrons. The van der Waals surface area contributed by atoms with Crippen LogP contribution >= 0.6 is 7.82 Å². The molecule has 0 saturated heterocycles. The lowest BCUT2D eigenvalue weighted by Crippen LogP contribution is -2.37. The van der Waals surface area contributed by atoms with Crippen LogP contribution < -0.4 is 0 Å². The van der Waals surface area contributed by atoms with Gasteiger partial charge in [-0.1, -0.05) is 90.4 Å². The monoisotopic (exact) mass is 482 g/mol. The minimum absolute atomic E-state index is 0.0815. The number of hydrogen-bond donors (Lipinski definition) is 2. The van der Waals surface area contributed by atoms with Gasteiger partial charge in [0.15, 0.2) is 0 Å². The Bertz CT molecular complexity index is 458. The van der Waals surface area contributed by atoms with Crippen molar-refractivity contribution in [3.05, 3.63) is 0 Å². The molecule has 0 saturated carbocycles. The van der Waals surface area contributed by atoms with Gasteiger partial charge in [0.1, 0.15) is 19.3 Å². The molecular weight excluding hydrogens is 429 g/mol. The first kappa shape index (κ1) is 32.0. The molecule has 0 amide bonds. The lowest BCUT2D eigenvalue weighted by molar-refractivity contribution is -0.870. The van der Waals surface area contributed by atoms with E-state index in [0.717, 1.165) is 12.8 Å². The fraction of sp³-hybridized carbons (Fsp3) is 1.00. The van der Waals surface area contributed by atoms with Crippen molar-refractivity contribution in [2.75, 3.05) is 54.1 Å². The summed E-state index contributed by atoms with van der Waals surface area (Å²) in [5.74, 6) is 0. The summed E-state index contributed by atoms with van der Waals surface area (Å²) in [6, 6.07) is 0. The zero-order chi connectivity index (χ0) is 24.1. The van der Waals surface area contributed by atoms with E-state index in [4.69, 9.17) is 13.8 Å². The summed E-state index contributed by atoms with van der Waals surface area (Å²) in [5.41, 5.74) is 0. The first-order chi connectivity index (χ1) is 15.2. The van der Waals surface area contributed by atoms with Crippen LogP contribution in [0.5, 0.6) is 0 Å². The topological polar surface area (TPSA) is 85.2 Å². The van der Waals surface area contributed by atoms with E-state index in [-0.39, 0.29) is 19.8 Å². The molecule has 0 aliphatic rings. The molecule has 0 aliphatic heterocycles. The van der Waals surface area contributed by atoms with Crippen LogP contribution in [0.1, 0.15) is 96.8 Å². The van der Waals surface area contributed by atoms with Crippen molar-refractivity contribution >= 4 is 7.82 Å². The van der Waals surface area contributed by atoms with Crippen molar-refractivity contribution in [2.24, 2.45) is 0 Å². The van der Waals surface area contributed by atoms with Gasteiger partial charge in [0, 0.05) is 6.61 Å². The number of phosphoric acid groups is 1. The van der Waals surface area contributed by atoms with E-state index in [0.29, 0.717) is 17.6 Å². The minimum Gasteiger partial charge on any atom is -0.394 e. The zero-order valence-electron chi connectivity index (χ0n) is 21.4. The zero-order valence-corrected chi connectivity index (χ0v) is 22.3. The van der Waals surface area contributed by atoms with E-state index in [9.17, 15) is 14.6 Å². The summed E-state index contributed by atoms with van der Waals surface area (Å²) >= 11 is 0. The number of phosphoric ester groups is 1. The van der Waals surface area contributed by atoms with Crippen LogP contribution in [0.3, 0.4) is 0 Å². The second-order valence-corrected chi connectivity index (χ2v) is 11.3. The highest BCUT2D eigenvalue weighted by Gasteiger charge is 2.27. The fourth-order valence-electron chi connectivity index (χ4n) is 3.38. The number of rotatable bonds is 24. The van der Waals surface area contributed by atoms with Crippen molar-refractivity contribution < 1.29 is 32.8 Å². The fourth-order valence-corrected chi connectivity index (χ4v) is 4.26. The standard InChI is InChI=1S/C24H52NO6P/c1-5-6-7-8-9-10-11-12-13-14-15-16-17-18-20-29-23-24(22-26)31-32(27,28)30-21-19-25(2,3)4/h24,26H,5-23H2,1-4H3/p+1/t24-/m1/s1. The molecule has 2 N–H and O–H groups in total. The Morgan fingerprint density at radius 3 is 1.69 bits per heavy atom. The van der Waals surface area contributed by atoms with Crippen LogP contribution in [0, 0.1) is 0 Å². The van der Waals surface area contributed by atoms with Crippen LogP contribution in [0.25, 0.3) is 0 Å². The summed E-state index contributed by atoms with van der Waals surface area (Å²) in [4.78, 5) is 9.79. The van der Waals surface area contributed by atoms with E-state index in [1.54, 1.807) is 0 Å². The van der Waals surface area contributed by atoms with Crippen molar-refractivity contribution in [1.29, 1.82) is 0 Å². The summed E-state index contributed by atoms with van der Waals surface area (Å²) in [7, 11) is 1.71. The Morgan fingerprint density at radius 2 is 1.25 bits per heavy atom. The average molecular weight is 483 g/mol. The third-order valence-corrected chi connectivity index (χ3v) is 6.52. The smallest absolute Gasteiger partial charge is 0.394 e. The third-order valence-electron chi connectivity index (χ3n) is 5.45. The molecule has 32 heavy (non-hydrogen) atoms. The molecule has 0 rings (SSSR count). The highest BCUT2D eigenvalue weighted by atomic mass is 31.2. The molecule has 0 bridgehead atoms. The molecule has 0 heterocycles. The van der Waals surface area contributed by atoms with Crippen molar-refractivity contribution in [3.63, 3.8) is 0 Å². The molecule has 7 nitrogen and oxygen atoms in total. The van der Waals surface area contributed by atoms with E-state index in [2.05, 4.69) is 6.92 Å². The summed E-state index contributed by atoms with van der Waals surface area (Å²) < 4.78 is 28.1.